The minimum absolute atomic E-state index is 0.104. The molecule has 35 heavy (non-hydrogen) atoms. The van der Waals surface area contributed by atoms with Crippen LogP contribution in [0.15, 0.2) is 53.7 Å². The second kappa shape index (κ2) is 11.6. The number of oxime groups is 1. The number of nitrogens with one attached hydrogen (secondary N) is 1. The molecule has 1 amide bonds. The number of hydrogen-bond donors (Lipinski definition) is 1. The first-order chi connectivity index (χ1) is 17.1. The minimum Gasteiger partial charge on any atom is -0.389 e. The Hall–Kier alpha value is -3.70. The molecule has 0 radical (unpaired) electrons. The Morgan fingerprint density at radius 2 is 1.94 bits per heavy atom. The van der Waals surface area contributed by atoms with Crippen molar-refractivity contribution in [1.82, 2.24) is 25.2 Å². The van der Waals surface area contributed by atoms with E-state index in [-0.39, 0.29) is 18.9 Å². The van der Waals surface area contributed by atoms with Crippen molar-refractivity contribution in [1.29, 1.82) is 0 Å². The van der Waals surface area contributed by atoms with Gasteiger partial charge in [0.15, 0.2) is 18.1 Å². The van der Waals surface area contributed by atoms with E-state index in [1.54, 1.807) is 25.2 Å². The van der Waals surface area contributed by atoms with Gasteiger partial charge >= 0.3 is 0 Å². The van der Waals surface area contributed by atoms with Crippen LogP contribution in [0.5, 0.6) is 0 Å². The van der Waals surface area contributed by atoms with Crippen LogP contribution in [0.25, 0.3) is 0 Å². The van der Waals surface area contributed by atoms with Crippen molar-refractivity contribution in [2.75, 3.05) is 18.5 Å². The molecule has 1 fully saturated rings. The third-order valence-electron chi connectivity index (χ3n) is 5.50. The molecule has 0 unspecified atom stereocenters. The summed E-state index contributed by atoms with van der Waals surface area (Å²) in [7, 11) is 1.73. The number of aromatic nitrogens is 5. The lowest BCUT2D eigenvalue weighted by Crippen LogP contribution is -2.31. The molecule has 3 aromatic rings. The van der Waals surface area contributed by atoms with Gasteiger partial charge in [-0.05, 0) is 22.6 Å². The topological polar surface area (TPSA) is 126 Å². The smallest absolute Gasteiger partial charge is 0.225 e. The summed E-state index contributed by atoms with van der Waals surface area (Å²) in [6.07, 6.45) is 2.47. The summed E-state index contributed by atoms with van der Waals surface area (Å²) in [5, 5.41) is 18.7. The highest BCUT2D eigenvalue weighted by atomic mass is 16.7. The lowest BCUT2D eigenvalue weighted by Gasteiger charge is -2.26. The zero-order chi connectivity index (χ0) is 24.5. The average Bonchev–Trinajstić information content (AvgIpc) is 3.51. The number of ether oxygens (including phenoxy) is 2. The number of nitrogens with zero attached hydrogens (tertiary/aromatic N) is 6. The van der Waals surface area contributed by atoms with Crippen LogP contribution in [0.3, 0.4) is 0 Å². The Morgan fingerprint density at radius 3 is 2.66 bits per heavy atom. The number of amides is 1. The fraction of sp³-hybridized carbons (Fsp3) is 0.417. The number of rotatable bonds is 11. The number of carbonyl (C=O) groups is 1. The maximum absolute atomic E-state index is 12.5. The summed E-state index contributed by atoms with van der Waals surface area (Å²) in [4.78, 5) is 22.6. The van der Waals surface area contributed by atoms with Crippen LogP contribution < -0.4 is 5.32 Å². The first kappa shape index (κ1) is 24.4. The fourth-order valence-corrected chi connectivity index (χ4v) is 3.84. The number of anilines is 1. The predicted octanol–water partition coefficient (Wildman–Crippen LogP) is 2.84. The van der Waals surface area contributed by atoms with Crippen LogP contribution >= 0.6 is 0 Å². The minimum atomic E-state index is -0.651. The lowest BCUT2D eigenvalue weighted by atomic mass is 10.0. The molecule has 1 aromatic carbocycles. The van der Waals surface area contributed by atoms with E-state index in [0.29, 0.717) is 42.7 Å². The summed E-state index contributed by atoms with van der Waals surface area (Å²) in [6.45, 7) is 3.30. The van der Waals surface area contributed by atoms with E-state index in [0.717, 1.165) is 18.4 Å². The number of hydrogen-bond acceptors (Lipinski definition) is 9. The maximum Gasteiger partial charge on any atom is 0.225 e. The summed E-state index contributed by atoms with van der Waals surface area (Å²) >= 11 is 0. The van der Waals surface area contributed by atoms with E-state index in [4.69, 9.17) is 14.3 Å². The molecule has 1 saturated heterocycles. The highest BCUT2D eigenvalue weighted by Gasteiger charge is 2.35. The van der Waals surface area contributed by atoms with Crippen molar-refractivity contribution >= 4 is 17.4 Å². The Bertz CT molecular complexity index is 1140. The van der Waals surface area contributed by atoms with Crippen molar-refractivity contribution in [2.24, 2.45) is 12.2 Å². The van der Waals surface area contributed by atoms with E-state index in [9.17, 15) is 4.79 Å². The molecular weight excluding hydrogens is 450 g/mol. The molecule has 184 valence electrons. The van der Waals surface area contributed by atoms with Crippen LogP contribution in [-0.2, 0) is 32.8 Å². The third-order valence-corrected chi connectivity index (χ3v) is 5.50. The van der Waals surface area contributed by atoms with Gasteiger partial charge in [-0.3, -0.25) is 4.79 Å². The van der Waals surface area contributed by atoms with E-state index in [1.165, 1.54) is 4.68 Å². The number of aryl methyl sites for hydroxylation is 1. The first-order valence-electron chi connectivity index (χ1n) is 11.6. The van der Waals surface area contributed by atoms with Gasteiger partial charge in [-0.1, -0.05) is 54.9 Å². The van der Waals surface area contributed by atoms with Crippen molar-refractivity contribution in [3.05, 3.63) is 65.6 Å². The molecule has 3 heterocycles. The summed E-state index contributed by atoms with van der Waals surface area (Å²) in [6, 6.07) is 14.9. The van der Waals surface area contributed by atoms with Gasteiger partial charge < -0.3 is 19.6 Å². The normalized spacial score (nSPS) is 15.2. The molecule has 0 aliphatic carbocycles. The van der Waals surface area contributed by atoms with Crippen molar-refractivity contribution in [2.45, 2.75) is 45.0 Å². The molecule has 1 aliphatic rings. The Morgan fingerprint density at radius 1 is 1.14 bits per heavy atom. The van der Waals surface area contributed by atoms with Gasteiger partial charge in [-0.25, -0.2) is 9.67 Å². The SMILES string of the molecule is CCCC1(CCC(=O)Nc2cccc(CON=C(c3ccccc3)c3nnnn3C)n2)OCCO1. The second-order valence-electron chi connectivity index (χ2n) is 8.13. The van der Waals surface area contributed by atoms with Crippen LogP contribution in [0, 0.1) is 0 Å². The zero-order valence-corrected chi connectivity index (χ0v) is 19.9. The van der Waals surface area contributed by atoms with Gasteiger partial charge in [0.05, 0.1) is 18.9 Å². The Labute approximate surface area is 203 Å². The molecule has 0 saturated carbocycles. The highest BCUT2D eigenvalue weighted by molar-refractivity contribution is 6.10. The van der Waals surface area contributed by atoms with Gasteiger partial charge in [0, 0.05) is 31.9 Å². The van der Waals surface area contributed by atoms with Gasteiger partial charge in [0.1, 0.15) is 5.82 Å². The molecule has 0 bridgehead atoms. The Kier molecular flexibility index (Phi) is 8.11. The lowest BCUT2D eigenvalue weighted by molar-refractivity contribution is -0.169. The molecule has 0 atom stereocenters. The van der Waals surface area contributed by atoms with Crippen LogP contribution in [0.2, 0.25) is 0 Å². The van der Waals surface area contributed by atoms with Crippen molar-refractivity contribution in [3.63, 3.8) is 0 Å². The van der Waals surface area contributed by atoms with Gasteiger partial charge in [-0.15, -0.1) is 5.10 Å². The predicted molar refractivity (Wildman–Crippen MR) is 127 cm³/mol. The fourth-order valence-electron chi connectivity index (χ4n) is 3.84. The molecule has 0 spiro atoms. The standard InChI is InChI=1S/C24H29N7O4/c1-3-13-24(33-15-16-34-24)14-12-21(32)26-20-11-7-10-19(25-20)17-35-28-22(18-8-5-4-6-9-18)23-27-29-30-31(23)2/h4-11H,3,12-17H2,1-2H3,(H,25,26,32). The quantitative estimate of drug-likeness (QED) is 0.329. The molecule has 1 aliphatic heterocycles. The van der Waals surface area contributed by atoms with E-state index in [2.05, 4.69) is 37.9 Å². The number of carbonyl (C=O) groups excluding carboxylic acids is 1. The van der Waals surface area contributed by atoms with E-state index in [1.807, 2.05) is 30.3 Å². The van der Waals surface area contributed by atoms with Crippen LogP contribution in [0.4, 0.5) is 5.82 Å². The van der Waals surface area contributed by atoms with E-state index < -0.39 is 5.79 Å². The maximum atomic E-state index is 12.5. The molecule has 2 aromatic heterocycles. The van der Waals surface area contributed by atoms with Crippen molar-refractivity contribution < 1.29 is 19.1 Å². The average molecular weight is 480 g/mol. The van der Waals surface area contributed by atoms with Crippen LogP contribution in [-0.4, -0.2) is 55.8 Å². The summed E-state index contributed by atoms with van der Waals surface area (Å²) in [5.74, 6) is 0.117. The van der Waals surface area contributed by atoms with Crippen molar-refractivity contribution in [3.8, 4) is 0 Å². The van der Waals surface area contributed by atoms with Gasteiger partial charge in [0.2, 0.25) is 11.7 Å². The second-order valence-corrected chi connectivity index (χ2v) is 8.13. The largest absolute Gasteiger partial charge is 0.389 e. The molecular formula is C24H29N7O4. The number of tetrazole rings is 1. The number of pyridine rings is 1. The van der Waals surface area contributed by atoms with Gasteiger partial charge in [-0.2, -0.15) is 0 Å². The summed E-state index contributed by atoms with van der Waals surface area (Å²) in [5.41, 5.74) is 1.93. The molecule has 11 nitrogen and oxygen atoms in total. The Balaban J connectivity index is 1.37. The highest BCUT2D eigenvalue weighted by Crippen LogP contribution is 2.30. The van der Waals surface area contributed by atoms with E-state index >= 15 is 0 Å². The molecule has 1 N–H and O–H groups in total. The van der Waals surface area contributed by atoms with Gasteiger partial charge in [0.25, 0.3) is 0 Å². The monoisotopic (exact) mass is 479 g/mol. The zero-order valence-electron chi connectivity index (χ0n) is 19.9. The summed E-state index contributed by atoms with van der Waals surface area (Å²) < 4.78 is 13.1. The molecule has 11 heteroatoms. The first-order valence-corrected chi connectivity index (χ1v) is 11.6. The molecule has 4 rings (SSSR count). The number of benzene rings is 1. The van der Waals surface area contributed by atoms with Crippen LogP contribution in [0.1, 0.15) is 49.7 Å². The third kappa shape index (κ3) is 6.46.